The number of benzene rings is 2. The average Bonchev–Trinajstić information content (AvgIpc) is 2.81. The van der Waals surface area contributed by atoms with Crippen molar-refractivity contribution in [1.82, 2.24) is 10.2 Å². The summed E-state index contributed by atoms with van der Waals surface area (Å²) in [6.07, 6.45) is 1.16. The summed E-state index contributed by atoms with van der Waals surface area (Å²) in [7, 11) is 0. The van der Waals surface area contributed by atoms with Gasteiger partial charge in [0.2, 0.25) is 0 Å². The number of nitrogens with zero attached hydrogens (tertiary/aromatic N) is 3. The summed E-state index contributed by atoms with van der Waals surface area (Å²) < 4.78 is 31.6. The van der Waals surface area contributed by atoms with Gasteiger partial charge in [0, 0.05) is 32.2 Å². The van der Waals surface area contributed by atoms with Gasteiger partial charge in [-0.15, -0.1) is 0 Å². The number of halogens is 2. The van der Waals surface area contributed by atoms with Crippen LogP contribution in [-0.4, -0.2) is 44.2 Å². The Bertz CT molecular complexity index is 765. The zero-order valence-electron chi connectivity index (χ0n) is 14.5. The van der Waals surface area contributed by atoms with Crippen molar-refractivity contribution in [3.63, 3.8) is 0 Å². The summed E-state index contributed by atoms with van der Waals surface area (Å²) in [5, 5.41) is 3.42. The largest absolute Gasteiger partial charge is 0.315 e. The van der Waals surface area contributed by atoms with Crippen LogP contribution in [-0.2, 0) is 0 Å². The smallest absolute Gasteiger partial charge is 0.150 e. The number of para-hydroxylation sites is 2. The van der Waals surface area contributed by atoms with E-state index in [0.717, 1.165) is 63.1 Å². The Kier molecular flexibility index (Phi) is 5.28. The third kappa shape index (κ3) is 3.65. The fourth-order valence-corrected chi connectivity index (χ4v) is 4.45. The molecule has 26 heavy (non-hydrogen) atoms. The second-order valence-electron chi connectivity index (χ2n) is 6.51. The third-order valence-electron chi connectivity index (χ3n) is 4.73. The van der Waals surface area contributed by atoms with Crippen molar-refractivity contribution in [3.05, 3.63) is 54.1 Å². The highest BCUT2D eigenvalue weighted by atomic mass is 32.2. The van der Waals surface area contributed by atoms with Gasteiger partial charge in [0.1, 0.15) is 5.82 Å². The maximum atomic E-state index is 14.3. The lowest BCUT2D eigenvalue weighted by Gasteiger charge is -2.24. The minimum Gasteiger partial charge on any atom is -0.315 e. The molecule has 1 N–H and O–H groups in total. The van der Waals surface area contributed by atoms with Gasteiger partial charge in [-0.3, -0.25) is 8.61 Å². The van der Waals surface area contributed by atoms with Gasteiger partial charge in [0.15, 0.2) is 5.82 Å². The lowest BCUT2D eigenvalue weighted by atomic mass is 10.2. The van der Waals surface area contributed by atoms with E-state index in [4.69, 9.17) is 0 Å². The highest BCUT2D eigenvalue weighted by molar-refractivity contribution is 8.02. The van der Waals surface area contributed by atoms with Gasteiger partial charge in [-0.1, -0.05) is 12.1 Å². The molecule has 2 aromatic carbocycles. The quantitative estimate of drug-likeness (QED) is 0.818. The molecule has 0 unspecified atom stereocenters. The SMILES string of the molecule is Fc1ccc(N2SN(CCN3CCCNCC3)c3ccccc32)c(F)c1. The second kappa shape index (κ2) is 7.82. The van der Waals surface area contributed by atoms with E-state index in [2.05, 4.69) is 14.5 Å². The summed E-state index contributed by atoms with van der Waals surface area (Å²) in [4.78, 5) is 2.46. The van der Waals surface area contributed by atoms with E-state index in [1.807, 2.05) is 28.6 Å². The molecule has 2 aliphatic heterocycles. The van der Waals surface area contributed by atoms with Crippen LogP contribution in [0.2, 0.25) is 0 Å². The van der Waals surface area contributed by atoms with Crippen LogP contribution in [0.25, 0.3) is 0 Å². The number of anilines is 3. The van der Waals surface area contributed by atoms with E-state index in [1.54, 1.807) is 0 Å². The predicted octanol–water partition coefficient (Wildman–Crippen LogP) is 3.78. The van der Waals surface area contributed by atoms with Crippen LogP contribution in [0.3, 0.4) is 0 Å². The fourth-order valence-electron chi connectivity index (χ4n) is 3.37. The zero-order valence-corrected chi connectivity index (χ0v) is 15.3. The Morgan fingerprint density at radius 1 is 0.923 bits per heavy atom. The first kappa shape index (κ1) is 17.6. The second-order valence-corrected chi connectivity index (χ2v) is 7.48. The molecule has 0 aromatic heterocycles. The van der Waals surface area contributed by atoms with Crippen LogP contribution in [0.1, 0.15) is 6.42 Å². The lowest BCUT2D eigenvalue weighted by molar-refractivity contribution is 0.302. The highest BCUT2D eigenvalue weighted by Crippen LogP contribution is 2.49. The molecule has 2 aliphatic rings. The number of hydrogen-bond acceptors (Lipinski definition) is 5. The van der Waals surface area contributed by atoms with Crippen LogP contribution >= 0.6 is 12.1 Å². The van der Waals surface area contributed by atoms with E-state index >= 15 is 0 Å². The Morgan fingerprint density at radius 3 is 2.62 bits per heavy atom. The molecule has 4 rings (SSSR count). The molecule has 0 bridgehead atoms. The normalized spacial score (nSPS) is 18.1. The molecule has 2 heterocycles. The summed E-state index contributed by atoms with van der Waals surface area (Å²) in [6, 6.07) is 11.7. The molecule has 1 saturated heterocycles. The van der Waals surface area contributed by atoms with Crippen molar-refractivity contribution in [2.75, 3.05) is 47.9 Å². The first-order chi connectivity index (χ1) is 12.7. The zero-order chi connectivity index (χ0) is 17.9. The third-order valence-corrected chi connectivity index (χ3v) is 5.86. The van der Waals surface area contributed by atoms with Gasteiger partial charge in [0.25, 0.3) is 0 Å². The van der Waals surface area contributed by atoms with E-state index < -0.39 is 11.6 Å². The molecule has 2 aromatic rings. The Labute approximate surface area is 157 Å². The topological polar surface area (TPSA) is 21.8 Å². The Morgan fingerprint density at radius 2 is 1.77 bits per heavy atom. The van der Waals surface area contributed by atoms with Crippen molar-refractivity contribution in [3.8, 4) is 0 Å². The molecule has 7 heteroatoms. The number of hydrogen-bond donors (Lipinski definition) is 1. The van der Waals surface area contributed by atoms with E-state index in [1.165, 1.54) is 24.3 Å². The van der Waals surface area contributed by atoms with Gasteiger partial charge < -0.3 is 10.2 Å². The summed E-state index contributed by atoms with van der Waals surface area (Å²) in [5.74, 6) is -1.11. The number of rotatable bonds is 4. The summed E-state index contributed by atoms with van der Waals surface area (Å²) in [5.41, 5.74) is 2.38. The Balaban J connectivity index is 1.52. The van der Waals surface area contributed by atoms with Gasteiger partial charge in [-0.05, 0) is 43.8 Å². The van der Waals surface area contributed by atoms with E-state index in [-0.39, 0.29) is 0 Å². The fraction of sp³-hybridized carbons (Fsp3) is 0.368. The van der Waals surface area contributed by atoms with Gasteiger partial charge in [-0.2, -0.15) is 0 Å². The van der Waals surface area contributed by atoms with Crippen molar-refractivity contribution >= 4 is 29.2 Å². The molecule has 138 valence electrons. The first-order valence-electron chi connectivity index (χ1n) is 8.95. The van der Waals surface area contributed by atoms with Crippen molar-refractivity contribution in [2.24, 2.45) is 0 Å². The van der Waals surface area contributed by atoms with E-state index in [0.29, 0.717) is 5.69 Å². The maximum Gasteiger partial charge on any atom is 0.150 e. The van der Waals surface area contributed by atoms with Crippen LogP contribution < -0.4 is 13.9 Å². The Hall–Kier alpha value is -1.83. The van der Waals surface area contributed by atoms with Gasteiger partial charge in [-0.25, -0.2) is 8.78 Å². The van der Waals surface area contributed by atoms with Gasteiger partial charge in [0.05, 0.1) is 29.2 Å². The molecule has 0 radical (unpaired) electrons. The lowest BCUT2D eigenvalue weighted by Crippen LogP contribution is -2.34. The average molecular weight is 376 g/mol. The molecule has 0 aliphatic carbocycles. The monoisotopic (exact) mass is 376 g/mol. The number of fused-ring (bicyclic) bond motifs is 1. The van der Waals surface area contributed by atoms with E-state index in [9.17, 15) is 8.78 Å². The van der Waals surface area contributed by atoms with Crippen molar-refractivity contribution in [2.45, 2.75) is 6.42 Å². The molecular formula is C19H22F2N4S. The van der Waals surface area contributed by atoms with Crippen molar-refractivity contribution in [1.29, 1.82) is 0 Å². The minimum absolute atomic E-state index is 0.380. The van der Waals surface area contributed by atoms with Gasteiger partial charge >= 0.3 is 0 Å². The van der Waals surface area contributed by atoms with Crippen molar-refractivity contribution < 1.29 is 8.78 Å². The van der Waals surface area contributed by atoms with Crippen LogP contribution in [0.15, 0.2) is 42.5 Å². The van der Waals surface area contributed by atoms with Crippen LogP contribution in [0.4, 0.5) is 25.8 Å². The summed E-state index contributed by atoms with van der Waals surface area (Å²) in [6.45, 7) is 6.07. The highest BCUT2D eigenvalue weighted by Gasteiger charge is 2.30. The predicted molar refractivity (Wildman–Crippen MR) is 104 cm³/mol. The molecular weight excluding hydrogens is 354 g/mol. The molecule has 0 saturated carbocycles. The molecule has 0 amide bonds. The summed E-state index contributed by atoms with van der Waals surface area (Å²) >= 11 is 1.47. The number of nitrogens with one attached hydrogen (secondary N) is 1. The molecule has 0 spiro atoms. The minimum atomic E-state index is -0.560. The standard InChI is InChI=1S/C19H22F2N4S/c20-15-6-7-17(16(21)14-15)25-19-5-2-1-4-18(19)24(26-25)13-12-23-10-3-8-22-9-11-23/h1-2,4-7,14,22H,3,8-13H2. The molecule has 0 atom stereocenters. The van der Waals surface area contributed by atoms with Crippen LogP contribution in [0, 0.1) is 11.6 Å². The van der Waals surface area contributed by atoms with Crippen LogP contribution in [0.5, 0.6) is 0 Å². The maximum absolute atomic E-state index is 14.3. The first-order valence-corrected chi connectivity index (χ1v) is 9.68. The molecule has 1 fully saturated rings. The molecule has 4 nitrogen and oxygen atoms in total.